The molecular weight excluding hydrogens is 414 g/mol. The van der Waals surface area contributed by atoms with Crippen LogP contribution in [0.15, 0.2) is 54.7 Å². The fourth-order valence-electron chi connectivity index (χ4n) is 4.00. The molecule has 0 aliphatic heterocycles. The number of carbonyl (C=O) groups excluding carboxylic acids is 2. The lowest BCUT2D eigenvalue weighted by Gasteiger charge is -2.30. The number of benzene rings is 2. The van der Waals surface area contributed by atoms with Gasteiger partial charge in [0.15, 0.2) is 0 Å². The fraction of sp³-hybridized carbons (Fsp3) is 0.407. The molecule has 0 unspecified atom stereocenters. The van der Waals surface area contributed by atoms with Crippen molar-refractivity contribution in [3.8, 4) is 5.75 Å². The Morgan fingerprint density at radius 2 is 1.76 bits per heavy atom. The molecule has 1 aromatic heterocycles. The van der Waals surface area contributed by atoms with Gasteiger partial charge in [0.05, 0.1) is 13.7 Å². The molecule has 3 aromatic rings. The van der Waals surface area contributed by atoms with Crippen molar-refractivity contribution in [1.82, 2.24) is 14.8 Å². The monoisotopic (exact) mass is 449 g/mol. The number of ether oxygens (including phenoxy) is 1. The second kappa shape index (κ2) is 11.5. The standard InChI is InChI=1S/C27H35N3O3/c1-5-8-26(31)30(20(2)3)19-27(32)29(18-21-11-13-23(33-4)14-12-21)16-15-22-17-28-25-10-7-6-9-24(22)25/h6-7,9-14,17,20,28H,5,8,15-16,18-19H2,1-4H3. The van der Waals surface area contributed by atoms with Gasteiger partial charge >= 0.3 is 0 Å². The number of para-hydroxylation sites is 1. The summed E-state index contributed by atoms with van der Waals surface area (Å²) in [5.74, 6) is 0.775. The number of nitrogens with one attached hydrogen (secondary N) is 1. The molecule has 0 aliphatic rings. The first-order valence-corrected chi connectivity index (χ1v) is 11.7. The Morgan fingerprint density at radius 3 is 2.42 bits per heavy atom. The van der Waals surface area contributed by atoms with Crippen LogP contribution < -0.4 is 4.74 Å². The number of H-pyrrole nitrogens is 1. The molecule has 3 rings (SSSR count). The van der Waals surface area contributed by atoms with E-state index in [1.807, 2.05) is 68.3 Å². The number of aromatic nitrogens is 1. The van der Waals surface area contributed by atoms with Gasteiger partial charge in [0.1, 0.15) is 5.75 Å². The minimum absolute atomic E-state index is 0.0237. The normalized spacial score (nSPS) is 11.1. The van der Waals surface area contributed by atoms with E-state index in [1.165, 1.54) is 10.9 Å². The topological polar surface area (TPSA) is 65.6 Å². The second-order valence-electron chi connectivity index (χ2n) is 8.64. The molecule has 176 valence electrons. The third-order valence-electron chi connectivity index (χ3n) is 5.92. The maximum Gasteiger partial charge on any atom is 0.242 e. The number of rotatable bonds is 11. The molecule has 0 spiro atoms. The molecule has 1 heterocycles. The molecule has 0 atom stereocenters. The highest BCUT2D eigenvalue weighted by Gasteiger charge is 2.23. The summed E-state index contributed by atoms with van der Waals surface area (Å²) in [6.45, 7) is 7.05. The van der Waals surface area contributed by atoms with Crippen molar-refractivity contribution >= 4 is 22.7 Å². The Bertz CT molecular complexity index is 1060. The van der Waals surface area contributed by atoms with Crippen molar-refractivity contribution in [1.29, 1.82) is 0 Å². The van der Waals surface area contributed by atoms with Gasteiger partial charge in [0.2, 0.25) is 11.8 Å². The molecule has 0 saturated carbocycles. The first kappa shape index (κ1) is 24.4. The van der Waals surface area contributed by atoms with Crippen LogP contribution in [0.3, 0.4) is 0 Å². The number of hydrogen-bond acceptors (Lipinski definition) is 3. The van der Waals surface area contributed by atoms with E-state index in [0.29, 0.717) is 19.5 Å². The van der Waals surface area contributed by atoms with Crippen molar-refractivity contribution in [2.24, 2.45) is 0 Å². The van der Waals surface area contributed by atoms with E-state index in [1.54, 1.807) is 12.0 Å². The average molecular weight is 450 g/mol. The third-order valence-corrected chi connectivity index (χ3v) is 5.92. The smallest absolute Gasteiger partial charge is 0.242 e. The molecule has 33 heavy (non-hydrogen) atoms. The van der Waals surface area contributed by atoms with E-state index in [9.17, 15) is 9.59 Å². The Morgan fingerprint density at radius 1 is 1.03 bits per heavy atom. The Kier molecular flexibility index (Phi) is 8.52. The van der Waals surface area contributed by atoms with Gasteiger partial charge in [0, 0.05) is 42.7 Å². The SMILES string of the molecule is CCCC(=O)N(CC(=O)N(CCc1c[nH]c2ccccc12)Cc1ccc(OC)cc1)C(C)C. The quantitative estimate of drug-likeness (QED) is 0.458. The van der Waals surface area contributed by atoms with Gasteiger partial charge in [-0.15, -0.1) is 0 Å². The Balaban J connectivity index is 1.78. The van der Waals surface area contributed by atoms with Crippen molar-refractivity contribution in [3.63, 3.8) is 0 Å². The number of nitrogens with zero attached hydrogens (tertiary/aromatic N) is 2. The minimum atomic E-state index is -0.0381. The molecule has 0 radical (unpaired) electrons. The van der Waals surface area contributed by atoms with Gasteiger partial charge in [-0.2, -0.15) is 0 Å². The highest BCUT2D eigenvalue weighted by Crippen LogP contribution is 2.19. The average Bonchev–Trinajstić information content (AvgIpc) is 3.23. The summed E-state index contributed by atoms with van der Waals surface area (Å²) >= 11 is 0. The van der Waals surface area contributed by atoms with Gasteiger partial charge in [0.25, 0.3) is 0 Å². The number of methoxy groups -OCH3 is 1. The molecule has 0 aliphatic carbocycles. The van der Waals surface area contributed by atoms with E-state index in [4.69, 9.17) is 4.74 Å². The highest BCUT2D eigenvalue weighted by atomic mass is 16.5. The Hall–Kier alpha value is -3.28. The van der Waals surface area contributed by atoms with Crippen LogP contribution in [0.25, 0.3) is 10.9 Å². The minimum Gasteiger partial charge on any atom is -0.497 e. The second-order valence-corrected chi connectivity index (χ2v) is 8.64. The first-order chi connectivity index (χ1) is 15.9. The van der Waals surface area contributed by atoms with Crippen LogP contribution in [-0.2, 0) is 22.6 Å². The summed E-state index contributed by atoms with van der Waals surface area (Å²) < 4.78 is 5.26. The number of fused-ring (bicyclic) bond motifs is 1. The maximum atomic E-state index is 13.4. The maximum absolute atomic E-state index is 13.4. The number of carbonyl (C=O) groups is 2. The van der Waals surface area contributed by atoms with E-state index in [0.717, 1.165) is 29.7 Å². The molecule has 0 saturated heterocycles. The van der Waals surface area contributed by atoms with Crippen LogP contribution in [0.2, 0.25) is 0 Å². The summed E-state index contributed by atoms with van der Waals surface area (Å²) in [5.41, 5.74) is 3.30. The number of aromatic amines is 1. The molecule has 0 fully saturated rings. The molecule has 6 heteroatoms. The zero-order valence-corrected chi connectivity index (χ0v) is 20.1. The van der Waals surface area contributed by atoms with Crippen LogP contribution in [0, 0.1) is 0 Å². The molecular formula is C27H35N3O3. The molecule has 1 N–H and O–H groups in total. The predicted molar refractivity (Wildman–Crippen MR) is 132 cm³/mol. The molecule has 2 amide bonds. The lowest BCUT2D eigenvalue weighted by molar-refractivity contribution is -0.142. The largest absolute Gasteiger partial charge is 0.497 e. The zero-order valence-electron chi connectivity index (χ0n) is 20.1. The Labute approximate surface area is 196 Å². The first-order valence-electron chi connectivity index (χ1n) is 11.7. The summed E-state index contributed by atoms with van der Waals surface area (Å²) in [4.78, 5) is 32.9. The van der Waals surface area contributed by atoms with E-state index in [-0.39, 0.29) is 24.4 Å². The molecule has 0 bridgehead atoms. The van der Waals surface area contributed by atoms with Gasteiger partial charge in [-0.05, 0) is 56.0 Å². The van der Waals surface area contributed by atoms with E-state index in [2.05, 4.69) is 17.1 Å². The van der Waals surface area contributed by atoms with E-state index >= 15 is 0 Å². The fourth-order valence-corrected chi connectivity index (χ4v) is 4.00. The third kappa shape index (κ3) is 6.37. The van der Waals surface area contributed by atoms with Gasteiger partial charge in [-0.25, -0.2) is 0 Å². The summed E-state index contributed by atoms with van der Waals surface area (Å²) in [6, 6.07) is 15.9. The summed E-state index contributed by atoms with van der Waals surface area (Å²) in [5, 5.41) is 1.18. The number of hydrogen-bond donors (Lipinski definition) is 1. The summed E-state index contributed by atoms with van der Waals surface area (Å²) in [6.07, 6.45) is 3.98. The van der Waals surface area contributed by atoms with Crippen molar-refractivity contribution in [2.75, 3.05) is 20.2 Å². The predicted octanol–water partition coefficient (Wildman–Crippen LogP) is 4.78. The van der Waals surface area contributed by atoms with Gasteiger partial charge in [-0.3, -0.25) is 9.59 Å². The lowest BCUT2D eigenvalue weighted by Crippen LogP contribution is -2.46. The highest BCUT2D eigenvalue weighted by molar-refractivity contribution is 5.85. The van der Waals surface area contributed by atoms with Crippen molar-refractivity contribution < 1.29 is 14.3 Å². The van der Waals surface area contributed by atoms with Crippen molar-refractivity contribution in [2.45, 2.75) is 52.6 Å². The van der Waals surface area contributed by atoms with Gasteiger partial charge < -0.3 is 19.5 Å². The summed E-state index contributed by atoms with van der Waals surface area (Å²) in [7, 11) is 1.64. The lowest BCUT2D eigenvalue weighted by atomic mass is 10.1. The van der Waals surface area contributed by atoms with Crippen LogP contribution in [0.4, 0.5) is 0 Å². The van der Waals surface area contributed by atoms with E-state index < -0.39 is 0 Å². The molecule has 6 nitrogen and oxygen atoms in total. The molecule has 2 aromatic carbocycles. The van der Waals surface area contributed by atoms with Crippen LogP contribution >= 0.6 is 0 Å². The zero-order chi connectivity index (χ0) is 23.8. The number of amides is 2. The van der Waals surface area contributed by atoms with Crippen molar-refractivity contribution in [3.05, 3.63) is 65.9 Å². The van der Waals surface area contributed by atoms with Crippen LogP contribution in [0.1, 0.15) is 44.7 Å². The van der Waals surface area contributed by atoms with Crippen LogP contribution in [-0.4, -0.2) is 52.8 Å². The van der Waals surface area contributed by atoms with Gasteiger partial charge in [-0.1, -0.05) is 37.3 Å². The van der Waals surface area contributed by atoms with Crippen LogP contribution in [0.5, 0.6) is 5.75 Å².